The molecule has 2 aliphatic rings. The third-order valence-corrected chi connectivity index (χ3v) is 9.56. The maximum absolute atomic E-state index is 12.7. The van der Waals surface area contributed by atoms with Gasteiger partial charge in [0.25, 0.3) is 5.56 Å². The molecule has 0 atom stereocenters. The molecule has 3 aromatic rings. The van der Waals surface area contributed by atoms with Gasteiger partial charge in [-0.05, 0) is 44.4 Å². The molecular weight excluding hydrogens is 460 g/mol. The zero-order valence-corrected chi connectivity index (χ0v) is 20.5. The van der Waals surface area contributed by atoms with Crippen LogP contribution in [0.1, 0.15) is 29.1 Å². The van der Waals surface area contributed by atoms with Crippen molar-refractivity contribution in [3.05, 3.63) is 44.9 Å². The molecule has 1 N–H and O–H groups in total. The molecule has 5 rings (SSSR count). The molecule has 33 heavy (non-hydrogen) atoms. The largest absolute Gasteiger partial charge is 0.354 e. The Morgan fingerprint density at radius 2 is 1.79 bits per heavy atom. The van der Waals surface area contributed by atoms with Gasteiger partial charge >= 0.3 is 0 Å². The maximum atomic E-state index is 12.7. The average molecular weight is 489 g/mol. The molecule has 0 amide bonds. The highest BCUT2D eigenvalue weighted by Gasteiger charge is 2.28. The fourth-order valence-corrected chi connectivity index (χ4v) is 7.02. The van der Waals surface area contributed by atoms with Gasteiger partial charge in [-0.15, -0.1) is 11.3 Å². The summed E-state index contributed by atoms with van der Waals surface area (Å²) in [5.74, 6) is 1.48. The zero-order valence-electron chi connectivity index (χ0n) is 18.9. The number of H-pyrrole nitrogens is 1. The van der Waals surface area contributed by atoms with Crippen LogP contribution in [0.5, 0.6) is 0 Å². The van der Waals surface area contributed by atoms with Crippen LogP contribution in [0.3, 0.4) is 0 Å². The first-order chi connectivity index (χ1) is 15.8. The van der Waals surface area contributed by atoms with Crippen molar-refractivity contribution in [2.45, 2.75) is 38.1 Å². The van der Waals surface area contributed by atoms with Crippen LogP contribution in [0.4, 0.5) is 5.82 Å². The van der Waals surface area contributed by atoms with Gasteiger partial charge in [0.15, 0.2) is 0 Å². The molecule has 2 aliphatic heterocycles. The number of nitrogens with zero attached hydrogens (tertiary/aromatic N) is 5. The van der Waals surface area contributed by atoms with E-state index < -0.39 is 10.0 Å². The van der Waals surface area contributed by atoms with Gasteiger partial charge in [-0.3, -0.25) is 9.69 Å². The van der Waals surface area contributed by atoms with Gasteiger partial charge in [0.1, 0.15) is 21.4 Å². The number of piperazine rings is 1. The Balaban J connectivity index is 1.22. The predicted molar refractivity (Wildman–Crippen MR) is 129 cm³/mol. The Bertz CT molecular complexity index is 1320. The smallest absolute Gasteiger partial charge is 0.259 e. The molecule has 2 saturated heterocycles. The van der Waals surface area contributed by atoms with Crippen LogP contribution in [0, 0.1) is 13.8 Å². The molecule has 3 aromatic heterocycles. The van der Waals surface area contributed by atoms with Crippen molar-refractivity contribution in [1.29, 1.82) is 0 Å². The van der Waals surface area contributed by atoms with E-state index in [2.05, 4.69) is 24.8 Å². The second-order valence-corrected chi connectivity index (χ2v) is 11.8. The van der Waals surface area contributed by atoms with Crippen LogP contribution in [-0.2, 0) is 16.6 Å². The molecule has 0 saturated carbocycles. The standard InChI is InChI=1S/C22H28N6O3S2/c1-15-16(2)32-22-20(15)21(29)24-18(25-22)14-26-9-11-27(12-10-26)19-6-5-17(13-23-19)33(30,31)28-7-3-4-8-28/h5-6,13H,3-4,7-12,14H2,1-2H3,(H,24,25,29). The zero-order chi connectivity index (χ0) is 23.2. The molecule has 0 radical (unpaired) electrons. The van der Waals surface area contributed by atoms with Crippen LogP contribution >= 0.6 is 11.3 Å². The summed E-state index contributed by atoms with van der Waals surface area (Å²) >= 11 is 1.57. The minimum Gasteiger partial charge on any atom is -0.354 e. The van der Waals surface area contributed by atoms with Gasteiger partial charge in [-0.1, -0.05) is 0 Å². The Kier molecular flexibility index (Phi) is 5.98. The summed E-state index contributed by atoms with van der Waals surface area (Å²) in [5.41, 5.74) is 0.944. The summed E-state index contributed by atoms with van der Waals surface area (Å²) in [5, 5.41) is 0.701. The lowest BCUT2D eigenvalue weighted by atomic mass is 10.2. The van der Waals surface area contributed by atoms with Gasteiger partial charge in [0.05, 0.1) is 11.9 Å². The van der Waals surface area contributed by atoms with E-state index in [0.29, 0.717) is 30.8 Å². The van der Waals surface area contributed by atoms with Crippen molar-refractivity contribution in [2.24, 2.45) is 0 Å². The normalized spacial score (nSPS) is 18.4. The molecule has 0 bridgehead atoms. The molecule has 5 heterocycles. The molecule has 176 valence electrons. The number of thiophene rings is 1. The van der Waals surface area contributed by atoms with Crippen molar-refractivity contribution in [3.63, 3.8) is 0 Å². The molecule has 11 heteroatoms. The molecule has 0 aromatic carbocycles. The summed E-state index contributed by atoms with van der Waals surface area (Å²) < 4.78 is 26.9. The van der Waals surface area contributed by atoms with E-state index in [4.69, 9.17) is 0 Å². The van der Waals surface area contributed by atoms with Gasteiger partial charge in [-0.2, -0.15) is 4.31 Å². The third kappa shape index (κ3) is 4.30. The molecule has 0 aliphatic carbocycles. The fourth-order valence-electron chi connectivity index (χ4n) is 4.51. The number of aryl methyl sites for hydroxylation is 2. The second-order valence-electron chi connectivity index (χ2n) is 8.70. The lowest BCUT2D eigenvalue weighted by Crippen LogP contribution is -2.46. The van der Waals surface area contributed by atoms with E-state index in [-0.39, 0.29) is 10.5 Å². The third-order valence-electron chi connectivity index (χ3n) is 6.58. The number of fused-ring (bicyclic) bond motifs is 1. The highest BCUT2D eigenvalue weighted by Crippen LogP contribution is 2.26. The summed E-state index contributed by atoms with van der Waals surface area (Å²) in [6.07, 6.45) is 3.31. The van der Waals surface area contributed by atoms with Gasteiger partial charge in [0.2, 0.25) is 10.0 Å². The topological polar surface area (TPSA) is 102 Å². The summed E-state index contributed by atoms with van der Waals surface area (Å²) in [6.45, 7) is 8.91. The monoisotopic (exact) mass is 488 g/mol. The minimum atomic E-state index is -3.44. The summed E-state index contributed by atoms with van der Waals surface area (Å²) in [7, 11) is -3.44. The molecule has 0 spiro atoms. The highest BCUT2D eigenvalue weighted by atomic mass is 32.2. The number of sulfonamides is 1. The Morgan fingerprint density at radius 1 is 1.06 bits per heavy atom. The first-order valence-corrected chi connectivity index (χ1v) is 13.5. The van der Waals surface area contributed by atoms with Gasteiger partial charge in [-0.25, -0.2) is 18.4 Å². The fraction of sp³-hybridized carbons (Fsp3) is 0.500. The Morgan fingerprint density at radius 3 is 2.45 bits per heavy atom. The van der Waals surface area contributed by atoms with Crippen LogP contribution in [0.15, 0.2) is 28.0 Å². The van der Waals surface area contributed by atoms with E-state index >= 15 is 0 Å². The number of hydrogen-bond donors (Lipinski definition) is 1. The van der Waals surface area contributed by atoms with Crippen LogP contribution in [-0.4, -0.2) is 71.8 Å². The lowest BCUT2D eigenvalue weighted by molar-refractivity contribution is 0.243. The molecule has 2 fully saturated rings. The molecular formula is C22H28N6O3S2. The van der Waals surface area contributed by atoms with Gasteiger partial charge in [0, 0.05) is 50.3 Å². The predicted octanol–water partition coefficient (Wildman–Crippen LogP) is 2.10. The number of nitrogens with one attached hydrogen (secondary N) is 1. The van der Waals surface area contributed by atoms with Crippen molar-refractivity contribution in [2.75, 3.05) is 44.2 Å². The van der Waals surface area contributed by atoms with E-state index in [1.165, 1.54) is 10.5 Å². The number of pyridine rings is 1. The van der Waals surface area contributed by atoms with Crippen molar-refractivity contribution in [1.82, 2.24) is 24.2 Å². The van der Waals surface area contributed by atoms with E-state index in [9.17, 15) is 13.2 Å². The second kappa shape index (κ2) is 8.79. The lowest BCUT2D eigenvalue weighted by Gasteiger charge is -2.35. The number of hydrogen-bond acceptors (Lipinski definition) is 8. The average Bonchev–Trinajstić information content (AvgIpc) is 3.44. The first kappa shape index (κ1) is 22.5. The quantitative estimate of drug-likeness (QED) is 0.587. The van der Waals surface area contributed by atoms with Crippen molar-refractivity contribution >= 4 is 37.4 Å². The number of aromatic amines is 1. The summed E-state index contributed by atoms with van der Waals surface area (Å²) in [6, 6.07) is 3.46. The minimum absolute atomic E-state index is 0.0661. The molecule has 9 nitrogen and oxygen atoms in total. The van der Waals surface area contributed by atoms with E-state index in [1.807, 2.05) is 13.8 Å². The van der Waals surface area contributed by atoms with Crippen LogP contribution < -0.4 is 10.5 Å². The van der Waals surface area contributed by atoms with Crippen LogP contribution in [0.2, 0.25) is 0 Å². The highest BCUT2D eigenvalue weighted by molar-refractivity contribution is 7.89. The SMILES string of the molecule is Cc1sc2nc(CN3CCN(c4ccc(S(=O)(=O)N5CCCC5)cn4)CC3)[nH]c(=O)c2c1C. The van der Waals surface area contributed by atoms with Gasteiger partial charge < -0.3 is 9.88 Å². The number of aromatic nitrogens is 3. The van der Waals surface area contributed by atoms with Crippen molar-refractivity contribution in [3.8, 4) is 0 Å². The van der Waals surface area contributed by atoms with Crippen molar-refractivity contribution < 1.29 is 8.42 Å². The van der Waals surface area contributed by atoms with E-state index in [1.54, 1.807) is 23.5 Å². The Labute approximate surface area is 197 Å². The number of rotatable bonds is 5. The Hall–Kier alpha value is -2.34. The first-order valence-electron chi connectivity index (χ1n) is 11.3. The number of anilines is 1. The maximum Gasteiger partial charge on any atom is 0.259 e. The summed E-state index contributed by atoms with van der Waals surface area (Å²) in [4.78, 5) is 31.2. The molecule has 0 unspecified atom stereocenters. The van der Waals surface area contributed by atoms with E-state index in [0.717, 1.165) is 60.1 Å². The van der Waals surface area contributed by atoms with Crippen LogP contribution in [0.25, 0.3) is 10.2 Å².